The Hall–Kier alpha value is -1.36. The van der Waals surface area contributed by atoms with E-state index in [0.717, 1.165) is 12.4 Å². The summed E-state index contributed by atoms with van der Waals surface area (Å²) < 4.78 is 5.13. The van der Waals surface area contributed by atoms with Crippen LogP contribution in [0.15, 0.2) is 6.07 Å². The standard InChI is InChI=1S/C11H20N4O/c1-8(2)15(6-5-12)10-7-11(16-4)14-9(3)13-10/h7-8H,5-6,12H2,1-4H3. The van der Waals surface area contributed by atoms with E-state index in [1.165, 1.54) is 0 Å². The number of aromatic nitrogens is 2. The van der Waals surface area contributed by atoms with Gasteiger partial charge in [0.2, 0.25) is 5.88 Å². The Morgan fingerprint density at radius 1 is 1.44 bits per heavy atom. The van der Waals surface area contributed by atoms with E-state index in [-0.39, 0.29) is 0 Å². The van der Waals surface area contributed by atoms with E-state index in [9.17, 15) is 0 Å². The molecule has 0 fully saturated rings. The molecular weight excluding hydrogens is 204 g/mol. The first kappa shape index (κ1) is 12.7. The van der Waals surface area contributed by atoms with Gasteiger partial charge >= 0.3 is 0 Å². The van der Waals surface area contributed by atoms with Crippen LogP contribution >= 0.6 is 0 Å². The van der Waals surface area contributed by atoms with Crippen LogP contribution in [0.25, 0.3) is 0 Å². The zero-order valence-electron chi connectivity index (χ0n) is 10.4. The minimum atomic E-state index is 0.350. The summed E-state index contributed by atoms with van der Waals surface area (Å²) in [6, 6.07) is 2.19. The van der Waals surface area contributed by atoms with Crippen molar-refractivity contribution in [2.45, 2.75) is 26.8 Å². The molecule has 0 amide bonds. The molecule has 0 spiro atoms. The number of ether oxygens (including phenoxy) is 1. The van der Waals surface area contributed by atoms with Crippen LogP contribution in [0.4, 0.5) is 5.82 Å². The van der Waals surface area contributed by atoms with Gasteiger partial charge in [-0.1, -0.05) is 0 Å². The molecule has 5 heteroatoms. The van der Waals surface area contributed by atoms with Crippen molar-refractivity contribution in [3.8, 4) is 5.88 Å². The van der Waals surface area contributed by atoms with E-state index >= 15 is 0 Å². The summed E-state index contributed by atoms with van der Waals surface area (Å²) >= 11 is 0. The fourth-order valence-corrected chi connectivity index (χ4v) is 1.55. The van der Waals surface area contributed by atoms with Crippen LogP contribution in [0, 0.1) is 6.92 Å². The number of nitrogens with two attached hydrogens (primary N) is 1. The van der Waals surface area contributed by atoms with Gasteiger partial charge in [0.15, 0.2) is 0 Å². The van der Waals surface area contributed by atoms with Crippen molar-refractivity contribution in [2.24, 2.45) is 5.73 Å². The Bertz CT molecular complexity index is 341. The van der Waals surface area contributed by atoms with Crippen molar-refractivity contribution in [1.82, 2.24) is 9.97 Å². The molecule has 0 aliphatic rings. The van der Waals surface area contributed by atoms with Crippen molar-refractivity contribution < 1.29 is 4.74 Å². The SMILES string of the molecule is COc1cc(N(CCN)C(C)C)nc(C)n1. The molecule has 0 bridgehead atoms. The lowest BCUT2D eigenvalue weighted by molar-refractivity contribution is 0.395. The maximum Gasteiger partial charge on any atom is 0.218 e. The molecule has 0 saturated heterocycles. The number of anilines is 1. The fraction of sp³-hybridized carbons (Fsp3) is 0.636. The van der Waals surface area contributed by atoms with Gasteiger partial charge in [0, 0.05) is 25.2 Å². The first-order valence-corrected chi connectivity index (χ1v) is 5.45. The molecule has 1 aromatic rings. The number of nitrogens with zero attached hydrogens (tertiary/aromatic N) is 3. The molecule has 90 valence electrons. The normalized spacial score (nSPS) is 10.6. The van der Waals surface area contributed by atoms with E-state index in [4.69, 9.17) is 10.5 Å². The van der Waals surface area contributed by atoms with Gasteiger partial charge in [-0.2, -0.15) is 4.98 Å². The molecule has 1 rings (SSSR count). The second kappa shape index (κ2) is 5.65. The van der Waals surface area contributed by atoms with E-state index in [2.05, 4.69) is 28.7 Å². The molecule has 1 aromatic heterocycles. The molecule has 0 radical (unpaired) electrons. The van der Waals surface area contributed by atoms with E-state index in [1.54, 1.807) is 7.11 Å². The van der Waals surface area contributed by atoms with Gasteiger partial charge in [-0.15, -0.1) is 0 Å². The number of hydrogen-bond acceptors (Lipinski definition) is 5. The van der Waals surface area contributed by atoms with Gasteiger partial charge in [0.1, 0.15) is 11.6 Å². The van der Waals surface area contributed by atoms with E-state index < -0.39 is 0 Å². The predicted molar refractivity (Wildman–Crippen MR) is 64.9 cm³/mol. The molecule has 2 N–H and O–H groups in total. The van der Waals surface area contributed by atoms with Crippen LogP contribution in [0.2, 0.25) is 0 Å². The summed E-state index contributed by atoms with van der Waals surface area (Å²) in [5, 5.41) is 0. The van der Waals surface area contributed by atoms with Crippen LogP contribution in [0.3, 0.4) is 0 Å². The van der Waals surface area contributed by atoms with Crippen LogP contribution < -0.4 is 15.4 Å². The van der Waals surface area contributed by atoms with Crippen molar-refractivity contribution in [3.05, 3.63) is 11.9 Å². The Morgan fingerprint density at radius 3 is 2.62 bits per heavy atom. The quantitative estimate of drug-likeness (QED) is 0.807. The highest BCUT2D eigenvalue weighted by molar-refractivity contribution is 5.42. The molecule has 0 aromatic carbocycles. The first-order valence-electron chi connectivity index (χ1n) is 5.45. The zero-order chi connectivity index (χ0) is 12.1. The van der Waals surface area contributed by atoms with E-state index in [1.807, 2.05) is 13.0 Å². The van der Waals surface area contributed by atoms with Crippen LogP contribution in [-0.4, -0.2) is 36.2 Å². The van der Waals surface area contributed by atoms with Gasteiger partial charge in [0.05, 0.1) is 7.11 Å². The topological polar surface area (TPSA) is 64.3 Å². The summed E-state index contributed by atoms with van der Waals surface area (Å²) in [6.45, 7) is 7.45. The molecule has 0 aliphatic carbocycles. The second-order valence-electron chi connectivity index (χ2n) is 3.89. The minimum Gasteiger partial charge on any atom is -0.481 e. The molecule has 1 heterocycles. The van der Waals surface area contributed by atoms with Gasteiger partial charge in [-0.05, 0) is 20.8 Å². The monoisotopic (exact) mass is 224 g/mol. The lowest BCUT2D eigenvalue weighted by Gasteiger charge is -2.27. The minimum absolute atomic E-state index is 0.350. The Balaban J connectivity index is 3.03. The second-order valence-corrected chi connectivity index (χ2v) is 3.89. The number of rotatable bonds is 5. The van der Waals surface area contributed by atoms with Crippen LogP contribution in [0.5, 0.6) is 5.88 Å². The predicted octanol–water partition coefficient (Wildman–Crippen LogP) is 0.967. The molecule has 5 nitrogen and oxygen atoms in total. The summed E-state index contributed by atoms with van der Waals surface area (Å²) in [6.07, 6.45) is 0. The number of methoxy groups -OCH3 is 1. The Kier molecular flexibility index (Phi) is 4.49. The number of aryl methyl sites for hydroxylation is 1. The highest BCUT2D eigenvalue weighted by atomic mass is 16.5. The maximum atomic E-state index is 5.60. The molecule has 0 aliphatic heterocycles. The molecule has 16 heavy (non-hydrogen) atoms. The third kappa shape index (κ3) is 3.06. The van der Waals surface area contributed by atoms with Crippen molar-refractivity contribution in [3.63, 3.8) is 0 Å². The first-order chi connectivity index (χ1) is 7.58. The molecule has 0 unspecified atom stereocenters. The zero-order valence-corrected chi connectivity index (χ0v) is 10.4. The van der Waals surface area contributed by atoms with Crippen LogP contribution in [0.1, 0.15) is 19.7 Å². The third-order valence-corrected chi connectivity index (χ3v) is 2.30. The highest BCUT2D eigenvalue weighted by Gasteiger charge is 2.13. The summed E-state index contributed by atoms with van der Waals surface area (Å²) in [5.74, 6) is 2.16. The number of hydrogen-bond donors (Lipinski definition) is 1. The van der Waals surface area contributed by atoms with Crippen molar-refractivity contribution in [2.75, 3.05) is 25.1 Å². The van der Waals surface area contributed by atoms with Crippen molar-refractivity contribution in [1.29, 1.82) is 0 Å². The lowest BCUT2D eigenvalue weighted by Crippen LogP contribution is -2.36. The molecular formula is C11H20N4O. The lowest BCUT2D eigenvalue weighted by atomic mass is 10.3. The highest BCUT2D eigenvalue weighted by Crippen LogP contribution is 2.18. The molecule has 0 atom stereocenters. The summed E-state index contributed by atoms with van der Waals surface area (Å²) in [4.78, 5) is 10.7. The molecule has 0 saturated carbocycles. The van der Waals surface area contributed by atoms with Crippen LogP contribution in [-0.2, 0) is 0 Å². The Labute approximate surface area is 96.6 Å². The van der Waals surface area contributed by atoms with Crippen molar-refractivity contribution >= 4 is 5.82 Å². The van der Waals surface area contributed by atoms with Gasteiger partial charge < -0.3 is 15.4 Å². The summed E-state index contributed by atoms with van der Waals surface area (Å²) in [5.41, 5.74) is 5.60. The Morgan fingerprint density at radius 2 is 2.12 bits per heavy atom. The van der Waals surface area contributed by atoms with E-state index in [0.29, 0.717) is 24.3 Å². The average molecular weight is 224 g/mol. The summed E-state index contributed by atoms with van der Waals surface area (Å²) in [7, 11) is 1.61. The smallest absolute Gasteiger partial charge is 0.218 e. The maximum absolute atomic E-state index is 5.60. The fourth-order valence-electron chi connectivity index (χ4n) is 1.55. The van der Waals surface area contributed by atoms with Gasteiger partial charge in [0.25, 0.3) is 0 Å². The van der Waals surface area contributed by atoms with Gasteiger partial charge in [-0.25, -0.2) is 4.98 Å². The van der Waals surface area contributed by atoms with Gasteiger partial charge in [-0.3, -0.25) is 0 Å². The third-order valence-electron chi connectivity index (χ3n) is 2.30. The average Bonchev–Trinajstić information content (AvgIpc) is 2.24. The largest absolute Gasteiger partial charge is 0.481 e.